The molecule has 0 atom stereocenters. The van der Waals surface area contributed by atoms with E-state index in [4.69, 9.17) is 10.2 Å². The largest absolute Gasteiger partial charge is 0.396 e. The highest BCUT2D eigenvalue weighted by atomic mass is 16.6. The lowest BCUT2D eigenvalue weighted by Gasteiger charge is -1.85. The quantitative estimate of drug-likeness (QED) is 0.620. The second kappa shape index (κ2) is 22.5. The van der Waals surface area contributed by atoms with Crippen molar-refractivity contribution in [3.05, 3.63) is 0 Å². The van der Waals surface area contributed by atoms with Gasteiger partial charge in [0.25, 0.3) is 0 Å². The van der Waals surface area contributed by atoms with Crippen LogP contribution in [-0.2, 0) is 4.74 Å². The predicted molar refractivity (Wildman–Crippen MR) is 47.4 cm³/mol. The van der Waals surface area contributed by atoms with E-state index < -0.39 is 0 Å². The molecule has 0 aliphatic heterocycles. The fraction of sp³-hybridized carbons (Fsp3) is 1.00. The number of hydrogen-bond acceptors (Lipinski definition) is 3. The highest BCUT2D eigenvalue weighted by Gasteiger charge is 1.69. The highest BCUT2D eigenvalue weighted by Crippen LogP contribution is 1.78. The fourth-order valence-corrected chi connectivity index (χ4v) is 0.249. The van der Waals surface area contributed by atoms with Crippen LogP contribution in [0.2, 0.25) is 0 Å². The molecule has 0 saturated heterocycles. The maximum atomic E-state index is 8.07. The van der Waals surface area contributed by atoms with Crippen molar-refractivity contribution in [1.29, 1.82) is 0 Å². The van der Waals surface area contributed by atoms with E-state index in [1.807, 2.05) is 6.92 Å². The molecule has 72 valence electrons. The van der Waals surface area contributed by atoms with Gasteiger partial charge in [-0.3, -0.25) is 0 Å². The SMILES string of the molecule is C.CCCCO.CCOCO. The number of aliphatic hydroxyl groups excluding tert-OH is 2. The van der Waals surface area contributed by atoms with Crippen molar-refractivity contribution in [2.45, 2.75) is 34.1 Å². The molecule has 0 unspecified atom stereocenters. The molecule has 0 heterocycles. The molecule has 0 aliphatic carbocycles. The summed E-state index contributed by atoms with van der Waals surface area (Å²) in [6, 6.07) is 0. The van der Waals surface area contributed by atoms with Gasteiger partial charge in [0.15, 0.2) is 0 Å². The Labute approximate surface area is 70.0 Å². The Morgan fingerprint density at radius 3 is 1.73 bits per heavy atom. The number of rotatable bonds is 4. The van der Waals surface area contributed by atoms with E-state index in [0.717, 1.165) is 12.8 Å². The first-order valence-electron chi connectivity index (χ1n) is 3.62. The molecule has 3 nitrogen and oxygen atoms in total. The van der Waals surface area contributed by atoms with Gasteiger partial charge in [0.05, 0.1) is 0 Å². The van der Waals surface area contributed by atoms with E-state index in [-0.39, 0.29) is 14.2 Å². The summed E-state index contributed by atoms with van der Waals surface area (Å²) in [6.07, 6.45) is 2.04. The van der Waals surface area contributed by atoms with Gasteiger partial charge >= 0.3 is 0 Å². The predicted octanol–water partition coefficient (Wildman–Crippen LogP) is 1.39. The summed E-state index contributed by atoms with van der Waals surface area (Å²) < 4.78 is 4.39. The lowest BCUT2D eigenvalue weighted by atomic mass is 10.4. The molecule has 0 aliphatic rings. The summed E-state index contributed by atoms with van der Waals surface area (Å²) in [5, 5.41) is 15.9. The first kappa shape index (κ1) is 17.1. The van der Waals surface area contributed by atoms with E-state index in [1.54, 1.807) is 0 Å². The van der Waals surface area contributed by atoms with Crippen LogP contribution in [0, 0.1) is 0 Å². The summed E-state index contributed by atoms with van der Waals surface area (Å²) >= 11 is 0. The topological polar surface area (TPSA) is 49.7 Å². The van der Waals surface area contributed by atoms with Crippen molar-refractivity contribution in [3.63, 3.8) is 0 Å². The van der Waals surface area contributed by atoms with Gasteiger partial charge in [-0.25, -0.2) is 0 Å². The summed E-state index contributed by atoms with van der Waals surface area (Å²) in [5.74, 6) is 0. The van der Waals surface area contributed by atoms with Gasteiger partial charge in [-0.05, 0) is 13.3 Å². The van der Waals surface area contributed by atoms with Crippen LogP contribution in [0.4, 0.5) is 0 Å². The molecule has 11 heavy (non-hydrogen) atoms. The van der Waals surface area contributed by atoms with Crippen LogP contribution in [0.5, 0.6) is 0 Å². The van der Waals surface area contributed by atoms with Gasteiger partial charge in [0.2, 0.25) is 0 Å². The highest BCUT2D eigenvalue weighted by molar-refractivity contribution is 4.23. The number of aliphatic hydroxyl groups is 2. The maximum Gasteiger partial charge on any atom is 0.143 e. The number of ether oxygens (including phenoxy) is 1. The summed E-state index contributed by atoms with van der Waals surface area (Å²) in [6.45, 7) is 4.66. The van der Waals surface area contributed by atoms with E-state index in [2.05, 4.69) is 11.7 Å². The molecule has 0 saturated carbocycles. The molecule has 0 rings (SSSR count). The van der Waals surface area contributed by atoms with Crippen LogP contribution in [0.1, 0.15) is 34.1 Å². The van der Waals surface area contributed by atoms with Crippen LogP contribution >= 0.6 is 0 Å². The van der Waals surface area contributed by atoms with Crippen molar-refractivity contribution < 1.29 is 14.9 Å². The summed E-state index contributed by atoms with van der Waals surface area (Å²) in [5.41, 5.74) is 0. The van der Waals surface area contributed by atoms with Crippen LogP contribution < -0.4 is 0 Å². The number of unbranched alkanes of at least 4 members (excludes halogenated alkanes) is 1. The Bertz CT molecular complexity index is 30.3. The van der Waals surface area contributed by atoms with Gasteiger partial charge in [0, 0.05) is 13.2 Å². The van der Waals surface area contributed by atoms with Crippen molar-refractivity contribution in [3.8, 4) is 0 Å². The third-order valence-corrected chi connectivity index (χ3v) is 0.807. The molecule has 0 radical (unpaired) electrons. The molecule has 0 amide bonds. The van der Waals surface area contributed by atoms with Crippen LogP contribution in [0.25, 0.3) is 0 Å². The molecule has 0 aromatic rings. The molecule has 2 N–H and O–H groups in total. The fourth-order valence-electron chi connectivity index (χ4n) is 0.249. The van der Waals surface area contributed by atoms with Crippen LogP contribution in [0.15, 0.2) is 0 Å². The molecule has 3 heteroatoms. The van der Waals surface area contributed by atoms with Gasteiger partial charge in [-0.2, -0.15) is 0 Å². The van der Waals surface area contributed by atoms with E-state index >= 15 is 0 Å². The lowest BCUT2D eigenvalue weighted by Crippen LogP contribution is -1.88. The molecule has 0 spiro atoms. The molecule has 0 aromatic carbocycles. The summed E-state index contributed by atoms with van der Waals surface area (Å²) in [4.78, 5) is 0. The molecule has 0 fully saturated rings. The lowest BCUT2D eigenvalue weighted by molar-refractivity contribution is 0.00540. The second-order valence-corrected chi connectivity index (χ2v) is 1.70. The standard InChI is InChI=1S/C4H10O.C3H8O2.CH4/c1-2-3-4-5;1-2-5-3-4;/h5H,2-4H2,1H3;4H,2-3H2,1H3;1H4. The van der Waals surface area contributed by atoms with E-state index in [0.29, 0.717) is 13.2 Å². The Kier molecular flexibility index (Phi) is 35.0. The zero-order chi connectivity index (χ0) is 8.24. The zero-order valence-electron chi connectivity index (χ0n) is 6.84. The Morgan fingerprint density at radius 2 is 1.73 bits per heavy atom. The smallest absolute Gasteiger partial charge is 0.143 e. The Morgan fingerprint density at radius 1 is 1.18 bits per heavy atom. The van der Waals surface area contributed by atoms with Crippen molar-refractivity contribution in [1.82, 2.24) is 0 Å². The first-order valence-corrected chi connectivity index (χ1v) is 3.62. The number of hydrogen-bond donors (Lipinski definition) is 2. The van der Waals surface area contributed by atoms with Gasteiger partial charge in [0.1, 0.15) is 6.79 Å². The monoisotopic (exact) mass is 166 g/mol. The van der Waals surface area contributed by atoms with E-state index in [9.17, 15) is 0 Å². The minimum atomic E-state index is -0.156. The van der Waals surface area contributed by atoms with Gasteiger partial charge < -0.3 is 14.9 Å². The summed E-state index contributed by atoms with van der Waals surface area (Å²) in [7, 11) is 0. The van der Waals surface area contributed by atoms with E-state index in [1.165, 1.54) is 0 Å². The third-order valence-electron chi connectivity index (χ3n) is 0.807. The minimum Gasteiger partial charge on any atom is -0.396 e. The zero-order valence-corrected chi connectivity index (χ0v) is 6.84. The second-order valence-electron chi connectivity index (χ2n) is 1.70. The van der Waals surface area contributed by atoms with Crippen molar-refractivity contribution in [2.24, 2.45) is 0 Å². The third kappa shape index (κ3) is 40.8. The minimum absolute atomic E-state index is 0. The average molecular weight is 166 g/mol. The average Bonchev–Trinajstić information content (AvgIpc) is 1.93. The van der Waals surface area contributed by atoms with Gasteiger partial charge in [-0.15, -0.1) is 0 Å². The molecule has 0 aromatic heterocycles. The van der Waals surface area contributed by atoms with Crippen molar-refractivity contribution >= 4 is 0 Å². The van der Waals surface area contributed by atoms with Crippen LogP contribution in [0.3, 0.4) is 0 Å². The maximum absolute atomic E-state index is 8.07. The first-order chi connectivity index (χ1) is 4.83. The Hall–Kier alpha value is -0.120. The normalized spacial score (nSPS) is 7.64. The molecular weight excluding hydrogens is 144 g/mol. The van der Waals surface area contributed by atoms with Crippen molar-refractivity contribution in [2.75, 3.05) is 20.0 Å². The Balaban J connectivity index is -0.000000107. The molecular formula is C8H22O3. The molecule has 0 bridgehead atoms. The van der Waals surface area contributed by atoms with Crippen LogP contribution in [-0.4, -0.2) is 30.2 Å². The van der Waals surface area contributed by atoms with Gasteiger partial charge in [-0.1, -0.05) is 20.8 Å².